The Balaban J connectivity index is 1.49. The lowest BCUT2D eigenvalue weighted by Crippen LogP contribution is -2.14. The summed E-state index contributed by atoms with van der Waals surface area (Å²) in [6.45, 7) is 2.25. The van der Waals surface area contributed by atoms with Gasteiger partial charge in [-0.2, -0.15) is 0 Å². The number of fused-ring (bicyclic) bond motifs is 1. The molecule has 1 amide bonds. The van der Waals surface area contributed by atoms with Crippen LogP contribution in [0, 0.1) is 6.92 Å². The fourth-order valence-electron chi connectivity index (χ4n) is 2.25. The van der Waals surface area contributed by atoms with E-state index in [9.17, 15) is 4.79 Å². The molecule has 0 atom stereocenters. The predicted molar refractivity (Wildman–Crippen MR) is 96.2 cm³/mol. The highest BCUT2D eigenvalue weighted by atomic mass is 79.9. The Labute approximate surface area is 147 Å². The highest BCUT2D eigenvalue weighted by Crippen LogP contribution is 2.33. The molecule has 0 aromatic heterocycles. The van der Waals surface area contributed by atoms with E-state index in [0.29, 0.717) is 5.75 Å². The Morgan fingerprint density at radius 3 is 2.87 bits per heavy atom. The summed E-state index contributed by atoms with van der Waals surface area (Å²) in [5, 5.41) is 2.94. The first kappa shape index (κ1) is 16.2. The molecule has 0 aliphatic carbocycles. The number of thioether (sulfide) groups is 1. The number of halogens is 1. The summed E-state index contributed by atoms with van der Waals surface area (Å²) in [7, 11) is 0. The average Bonchev–Trinajstić information content (AvgIpc) is 2.98. The molecular formula is C17H16BrNO3S. The van der Waals surface area contributed by atoms with E-state index < -0.39 is 0 Å². The van der Waals surface area contributed by atoms with Crippen LogP contribution in [0.3, 0.4) is 0 Å². The van der Waals surface area contributed by atoms with Crippen LogP contribution in [0.2, 0.25) is 0 Å². The molecule has 2 aromatic carbocycles. The molecule has 0 fully saturated rings. The van der Waals surface area contributed by atoms with Crippen LogP contribution >= 0.6 is 27.7 Å². The molecule has 1 aliphatic heterocycles. The minimum Gasteiger partial charge on any atom is -0.454 e. The molecule has 6 heteroatoms. The molecule has 1 N–H and O–H groups in total. The van der Waals surface area contributed by atoms with Crippen LogP contribution in [0.1, 0.15) is 11.1 Å². The fraction of sp³-hybridized carbons (Fsp3) is 0.235. The van der Waals surface area contributed by atoms with Gasteiger partial charge >= 0.3 is 0 Å². The van der Waals surface area contributed by atoms with Crippen molar-refractivity contribution in [2.24, 2.45) is 0 Å². The summed E-state index contributed by atoms with van der Waals surface area (Å²) in [6.07, 6.45) is 0. The van der Waals surface area contributed by atoms with E-state index in [-0.39, 0.29) is 12.7 Å². The van der Waals surface area contributed by atoms with E-state index >= 15 is 0 Å². The standard InChI is InChI=1S/C17H16BrNO3S/c1-11-6-13(18)3-4-14(11)19-17(20)9-23-8-12-2-5-15-16(7-12)22-10-21-15/h2-7H,8-10H2,1H3,(H,19,20). The largest absolute Gasteiger partial charge is 0.454 e. The monoisotopic (exact) mass is 393 g/mol. The molecule has 120 valence electrons. The van der Waals surface area contributed by atoms with Crippen LogP contribution in [-0.4, -0.2) is 18.5 Å². The summed E-state index contributed by atoms with van der Waals surface area (Å²) >= 11 is 4.99. The zero-order chi connectivity index (χ0) is 16.2. The second-order valence-corrected chi connectivity index (χ2v) is 7.09. The summed E-state index contributed by atoms with van der Waals surface area (Å²) in [5.41, 5.74) is 3.00. The summed E-state index contributed by atoms with van der Waals surface area (Å²) in [4.78, 5) is 12.0. The van der Waals surface area contributed by atoms with E-state index in [1.165, 1.54) is 0 Å². The van der Waals surface area contributed by atoms with Crippen molar-refractivity contribution in [1.82, 2.24) is 0 Å². The van der Waals surface area contributed by atoms with E-state index in [0.717, 1.165) is 38.5 Å². The Bertz CT molecular complexity index is 736. The predicted octanol–water partition coefficient (Wildman–Crippen LogP) is 4.36. The van der Waals surface area contributed by atoms with Gasteiger partial charge in [0, 0.05) is 15.9 Å². The first-order chi connectivity index (χ1) is 11.1. The third-order valence-corrected chi connectivity index (χ3v) is 4.90. The van der Waals surface area contributed by atoms with Gasteiger partial charge in [-0.15, -0.1) is 11.8 Å². The number of rotatable bonds is 5. The van der Waals surface area contributed by atoms with Crippen LogP contribution < -0.4 is 14.8 Å². The molecule has 0 saturated heterocycles. The topological polar surface area (TPSA) is 47.6 Å². The zero-order valence-corrected chi connectivity index (χ0v) is 15.0. The van der Waals surface area contributed by atoms with Gasteiger partial charge in [0.25, 0.3) is 0 Å². The third kappa shape index (κ3) is 4.20. The Morgan fingerprint density at radius 1 is 1.22 bits per heavy atom. The summed E-state index contributed by atoms with van der Waals surface area (Å²) in [6, 6.07) is 11.7. The quantitative estimate of drug-likeness (QED) is 0.819. The van der Waals surface area contributed by atoms with Gasteiger partial charge in [-0.1, -0.05) is 22.0 Å². The van der Waals surface area contributed by atoms with Crippen LogP contribution in [0.5, 0.6) is 11.5 Å². The van der Waals surface area contributed by atoms with Crippen LogP contribution in [0.15, 0.2) is 40.9 Å². The molecular weight excluding hydrogens is 378 g/mol. The normalized spacial score (nSPS) is 12.3. The van der Waals surface area contributed by atoms with E-state index in [1.807, 2.05) is 43.3 Å². The van der Waals surface area contributed by atoms with Crippen molar-refractivity contribution < 1.29 is 14.3 Å². The summed E-state index contributed by atoms with van der Waals surface area (Å²) in [5.74, 6) is 2.72. The minimum atomic E-state index is 0.00108. The maximum Gasteiger partial charge on any atom is 0.234 e. The SMILES string of the molecule is Cc1cc(Br)ccc1NC(=O)CSCc1ccc2c(c1)OCO2. The Morgan fingerprint density at radius 2 is 2.04 bits per heavy atom. The highest BCUT2D eigenvalue weighted by Gasteiger charge is 2.13. The fourth-order valence-corrected chi connectivity index (χ4v) is 3.50. The van der Waals surface area contributed by atoms with Crippen molar-refractivity contribution in [3.05, 3.63) is 52.0 Å². The molecule has 0 saturated carbocycles. The lowest BCUT2D eigenvalue weighted by Gasteiger charge is -2.09. The van der Waals surface area contributed by atoms with Gasteiger partial charge < -0.3 is 14.8 Å². The number of amides is 1. The Kier molecular flexibility index (Phi) is 5.13. The maximum absolute atomic E-state index is 12.0. The second kappa shape index (κ2) is 7.27. The van der Waals surface area contributed by atoms with Crippen molar-refractivity contribution in [1.29, 1.82) is 0 Å². The summed E-state index contributed by atoms with van der Waals surface area (Å²) < 4.78 is 11.6. The molecule has 4 nitrogen and oxygen atoms in total. The van der Waals surface area contributed by atoms with Gasteiger partial charge in [0.05, 0.1) is 5.75 Å². The molecule has 1 aliphatic rings. The number of hydrogen-bond acceptors (Lipinski definition) is 4. The number of hydrogen-bond donors (Lipinski definition) is 1. The first-order valence-electron chi connectivity index (χ1n) is 7.14. The van der Waals surface area contributed by atoms with Crippen LogP contribution in [-0.2, 0) is 10.5 Å². The molecule has 23 heavy (non-hydrogen) atoms. The third-order valence-electron chi connectivity index (χ3n) is 3.40. The average molecular weight is 394 g/mol. The van der Waals surface area contributed by atoms with Crippen molar-refractivity contribution in [2.45, 2.75) is 12.7 Å². The van der Waals surface area contributed by atoms with Crippen molar-refractivity contribution in [2.75, 3.05) is 17.9 Å². The zero-order valence-electron chi connectivity index (χ0n) is 12.6. The lowest BCUT2D eigenvalue weighted by atomic mass is 10.2. The number of carbonyl (C=O) groups is 1. The van der Waals surface area contributed by atoms with Crippen molar-refractivity contribution in [3.8, 4) is 11.5 Å². The van der Waals surface area contributed by atoms with Gasteiger partial charge in [0.2, 0.25) is 12.7 Å². The first-order valence-corrected chi connectivity index (χ1v) is 9.09. The number of carbonyl (C=O) groups excluding carboxylic acids is 1. The van der Waals surface area contributed by atoms with Gasteiger partial charge in [-0.3, -0.25) is 4.79 Å². The van der Waals surface area contributed by atoms with E-state index in [2.05, 4.69) is 21.2 Å². The molecule has 2 aromatic rings. The highest BCUT2D eigenvalue weighted by molar-refractivity contribution is 9.10. The molecule has 0 spiro atoms. The molecule has 3 rings (SSSR count). The van der Waals surface area contributed by atoms with Gasteiger partial charge in [-0.05, 0) is 48.4 Å². The number of ether oxygens (including phenoxy) is 2. The maximum atomic E-state index is 12.0. The molecule has 0 unspecified atom stereocenters. The molecule has 0 radical (unpaired) electrons. The van der Waals surface area contributed by atoms with Gasteiger partial charge in [0.1, 0.15) is 0 Å². The van der Waals surface area contributed by atoms with Crippen molar-refractivity contribution in [3.63, 3.8) is 0 Å². The van der Waals surface area contributed by atoms with E-state index in [1.54, 1.807) is 11.8 Å². The van der Waals surface area contributed by atoms with Crippen LogP contribution in [0.4, 0.5) is 5.69 Å². The smallest absolute Gasteiger partial charge is 0.234 e. The van der Waals surface area contributed by atoms with Crippen molar-refractivity contribution >= 4 is 39.3 Å². The van der Waals surface area contributed by atoms with Gasteiger partial charge in [0.15, 0.2) is 11.5 Å². The number of aryl methyl sites for hydroxylation is 1. The van der Waals surface area contributed by atoms with Gasteiger partial charge in [-0.25, -0.2) is 0 Å². The van der Waals surface area contributed by atoms with E-state index in [4.69, 9.17) is 9.47 Å². The number of anilines is 1. The number of benzene rings is 2. The number of nitrogens with one attached hydrogen (secondary N) is 1. The molecule has 1 heterocycles. The lowest BCUT2D eigenvalue weighted by molar-refractivity contribution is -0.113. The minimum absolute atomic E-state index is 0.00108. The molecule has 0 bridgehead atoms. The second-order valence-electron chi connectivity index (χ2n) is 5.19. The Hall–Kier alpha value is -1.66. The van der Waals surface area contributed by atoms with Crippen LogP contribution in [0.25, 0.3) is 0 Å².